The highest BCUT2D eigenvalue weighted by Crippen LogP contribution is 2.51. The molecule has 2 atom stereocenters. The molecule has 122 valence electrons. The number of hydrogen-bond donors (Lipinski definition) is 0. The van der Waals surface area contributed by atoms with Crippen LogP contribution in [0.15, 0.2) is 18.3 Å². The number of piperidine rings is 1. The van der Waals surface area contributed by atoms with Crippen molar-refractivity contribution in [3.63, 3.8) is 0 Å². The fourth-order valence-corrected chi connectivity index (χ4v) is 5.00. The molecular formula is C19H25N3O. The average molecular weight is 311 g/mol. The molecule has 2 heterocycles. The number of ether oxygens (including phenoxy) is 1. The fourth-order valence-electron chi connectivity index (χ4n) is 5.00. The summed E-state index contributed by atoms with van der Waals surface area (Å²) < 4.78 is 6.24. The second-order valence-electron chi connectivity index (χ2n) is 7.53. The summed E-state index contributed by atoms with van der Waals surface area (Å²) in [4.78, 5) is 6.82. The van der Waals surface area contributed by atoms with Crippen LogP contribution < -0.4 is 0 Å². The van der Waals surface area contributed by atoms with Crippen LogP contribution in [0.2, 0.25) is 0 Å². The summed E-state index contributed by atoms with van der Waals surface area (Å²) in [6.07, 6.45) is 8.33. The lowest BCUT2D eigenvalue weighted by Gasteiger charge is -2.55. The highest BCUT2D eigenvalue weighted by molar-refractivity contribution is 5.32. The van der Waals surface area contributed by atoms with E-state index in [-0.39, 0.29) is 5.60 Å². The second-order valence-corrected chi connectivity index (χ2v) is 7.53. The Morgan fingerprint density at radius 1 is 1.30 bits per heavy atom. The van der Waals surface area contributed by atoms with Crippen molar-refractivity contribution >= 4 is 0 Å². The third kappa shape index (κ3) is 2.56. The van der Waals surface area contributed by atoms with E-state index in [0.717, 1.165) is 24.6 Å². The number of nitriles is 1. The van der Waals surface area contributed by atoms with Gasteiger partial charge >= 0.3 is 0 Å². The number of pyridine rings is 1. The van der Waals surface area contributed by atoms with Gasteiger partial charge in [0.25, 0.3) is 0 Å². The smallest absolute Gasteiger partial charge is 0.140 e. The van der Waals surface area contributed by atoms with Crippen LogP contribution in [0.1, 0.15) is 43.4 Å². The first kappa shape index (κ1) is 15.1. The van der Waals surface area contributed by atoms with Crippen molar-refractivity contribution in [3.05, 3.63) is 29.6 Å². The average Bonchev–Trinajstić information content (AvgIpc) is 3.38. The molecule has 2 unspecified atom stereocenters. The summed E-state index contributed by atoms with van der Waals surface area (Å²) in [5, 5.41) is 9.21. The maximum Gasteiger partial charge on any atom is 0.140 e. The van der Waals surface area contributed by atoms with E-state index in [9.17, 15) is 5.26 Å². The standard InChI is InChI=1S/C19H25N3O/c1-23-19(15-7-8-21-18(9-15)10-20)16-3-2-4-17(19)13-22(12-16)11-14-5-6-14/h7-9,14,16-17H,2-6,11-13H2,1H3. The quantitative estimate of drug-likeness (QED) is 0.858. The molecule has 4 nitrogen and oxygen atoms in total. The van der Waals surface area contributed by atoms with Crippen molar-refractivity contribution in [2.75, 3.05) is 26.7 Å². The van der Waals surface area contributed by atoms with Crippen LogP contribution in [0.25, 0.3) is 0 Å². The molecule has 1 aliphatic heterocycles. The maximum absolute atomic E-state index is 9.21. The lowest BCUT2D eigenvalue weighted by Crippen LogP contribution is -2.59. The molecule has 2 aliphatic carbocycles. The van der Waals surface area contributed by atoms with Gasteiger partial charge in [0, 0.05) is 44.8 Å². The molecule has 1 saturated heterocycles. The number of methoxy groups -OCH3 is 1. The van der Waals surface area contributed by atoms with Gasteiger partial charge in [-0.15, -0.1) is 0 Å². The molecule has 2 bridgehead atoms. The Labute approximate surface area is 138 Å². The minimum atomic E-state index is -0.229. The topological polar surface area (TPSA) is 49.1 Å². The Bertz CT molecular complexity index is 605. The van der Waals surface area contributed by atoms with E-state index in [4.69, 9.17) is 4.74 Å². The summed E-state index contributed by atoms with van der Waals surface area (Å²) >= 11 is 0. The van der Waals surface area contributed by atoms with E-state index in [1.165, 1.54) is 38.6 Å². The van der Waals surface area contributed by atoms with Gasteiger partial charge in [-0.2, -0.15) is 5.26 Å². The molecule has 4 rings (SSSR count). The van der Waals surface area contributed by atoms with E-state index in [1.807, 2.05) is 13.2 Å². The van der Waals surface area contributed by atoms with Crippen LogP contribution in [0.4, 0.5) is 0 Å². The Balaban J connectivity index is 1.67. The third-order valence-corrected chi connectivity index (χ3v) is 6.15. The zero-order valence-corrected chi connectivity index (χ0v) is 13.9. The van der Waals surface area contributed by atoms with Crippen molar-refractivity contribution in [1.82, 2.24) is 9.88 Å². The van der Waals surface area contributed by atoms with Crippen molar-refractivity contribution in [2.45, 2.75) is 37.7 Å². The number of fused-ring (bicyclic) bond motifs is 2. The van der Waals surface area contributed by atoms with E-state index >= 15 is 0 Å². The lowest BCUT2D eigenvalue weighted by atomic mass is 9.62. The normalized spacial score (nSPS) is 34.1. The van der Waals surface area contributed by atoms with Crippen molar-refractivity contribution in [3.8, 4) is 6.07 Å². The van der Waals surface area contributed by atoms with Gasteiger partial charge in [-0.05, 0) is 49.3 Å². The first-order chi connectivity index (χ1) is 11.3. The van der Waals surface area contributed by atoms with E-state index in [0.29, 0.717) is 17.5 Å². The molecule has 1 aromatic rings. The minimum Gasteiger partial charge on any atom is -0.373 e. The monoisotopic (exact) mass is 311 g/mol. The maximum atomic E-state index is 9.21. The molecule has 0 radical (unpaired) electrons. The molecule has 1 aromatic heterocycles. The van der Waals surface area contributed by atoms with Gasteiger partial charge in [0.05, 0.1) is 0 Å². The number of aromatic nitrogens is 1. The zero-order valence-electron chi connectivity index (χ0n) is 13.9. The van der Waals surface area contributed by atoms with Crippen molar-refractivity contribution in [2.24, 2.45) is 17.8 Å². The van der Waals surface area contributed by atoms with Crippen LogP contribution in [-0.4, -0.2) is 36.6 Å². The van der Waals surface area contributed by atoms with Gasteiger partial charge in [0.1, 0.15) is 17.4 Å². The van der Waals surface area contributed by atoms with Gasteiger partial charge in [-0.25, -0.2) is 4.98 Å². The summed E-state index contributed by atoms with van der Waals surface area (Å²) in [5.74, 6) is 1.98. The van der Waals surface area contributed by atoms with Gasteiger partial charge in [-0.3, -0.25) is 0 Å². The minimum absolute atomic E-state index is 0.229. The van der Waals surface area contributed by atoms with Crippen molar-refractivity contribution in [1.29, 1.82) is 5.26 Å². The zero-order chi connectivity index (χ0) is 15.9. The molecule has 0 N–H and O–H groups in total. The number of nitrogens with zero attached hydrogens (tertiary/aromatic N) is 3. The first-order valence-electron chi connectivity index (χ1n) is 8.90. The van der Waals surface area contributed by atoms with Crippen LogP contribution in [0.5, 0.6) is 0 Å². The van der Waals surface area contributed by atoms with Gasteiger partial charge in [0.15, 0.2) is 0 Å². The summed E-state index contributed by atoms with van der Waals surface area (Å²) in [6, 6.07) is 6.19. The number of rotatable bonds is 4. The molecule has 23 heavy (non-hydrogen) atoms. The fraction of sp³-hybridized carbons (Fsp3) is 0.684. The molecular weight excluding hydrogens is 286 g/mol. The van der Waals surface area contributed by atoms with Gasteiger partial charge in [0.2, 0.25) is 0 Å². The highest BCUT2D eigenvalue weighted by Gasteiger charge is 2.53. The molecule has 4 heteroatoms. The molecule has 3 fully saturated rings. The lowest BCUT2D eigenvalue weighted by molar-refractivity contribution is -0.169. The van der Waals surface area contributed by atoms with E-state index < -0.39 is 0 Å². The molecule has 3 aliphatic rings. The Kier molecular flexibility index (Phi) is 3.87. The summed E-state index contributed by atoms with van der Waals surface area (Å²) in [6.45, 7) is 3.53. The number of likely N-dealkylation sites (tertiary alicyclic amines) is 1. The summed E-state index contributed by atoms with van der Waals surface area (Å²) in [7, 11) is 1.86. The highest BCUT2D eigenvalue weighted by atomic mass is 16.5. The molecule has 2 saturated carbocycles. The Morgan fingerprint density at radius 2 is 2.04 bits per heavy atom. The van der Waals surface area contributed by atoms with Crippen LogP contribution in [-0.2, 0) is 10.3 Å². The largest absolute Gasteiger partial charge is 0.373 e. The van der Waals surface area contributed by atoms with Crippen LogP contribution in [0.3, 0.4) is 0 Å². The summed E-state index contributed by atoms with van der Waals surface area (Å²) in [5.41, 5.74) is 1.43. The van der Waals surface area contributed by atoms with Crippen LogP contribution >= 0.6 is 0 Å². The van der Waals surface area contributed by atoms with Crippen LogP contribution in [0, 0.1) is 29.1 Å². The number of hydrogen-bond acceptors (Lipinski definition) is 4. The van der Waals surface area contributed by atoms with E-state index in [2.05, 4.69) is 22.0 Å². The van der Waals surface area contributed by atoms with Gasteiger partial charge < -0.3 is 9.64 Å². The third-order valence-electron chi connectivity index (χ3n) is 6.15. The first-order valence-corrected chi connectivity index (χ1v) is 8.90. The molecule has 0 spiro atoms. The molecule has 0 aromatic carbocycles. The molecule has 0 amide bonds. The van der Waals surface area contributed by atoms with E-state index in [1.54, 1.807) is 6.20 Å². The van der Waals surface area contributed by atoms with Crippen molar-refractivity contribution < 1.29 is 4.74 Å². The predicted octanol–water partition coefficient (Wildman–Crippen LogP) is 2.94. The SMILES string of the molecule is COC1(c2ccnc(C#N)c2)C2CCCC1CN(CC1CC1)C2. The predicted molar refractivity (Wildman–Crippen MR) is 87.6 cm³/mol. The Hall–Kier alpha value is -1.44. The van der Waals surface area contributed by atoms with Gasteiger partial charge in [-0.1, -0.05) is 6.42 Å². The Morgan fingerprint density at radius 3 is 2.65 bits per heavy atom. The second kappa shape index (κ2) is 5.89.